The summed E-state index contributed by atoms with van der Waals surface area (Å²) in [6.07, 6.45) is 4.97. The number of halogens is 1. The van der Waals surface area contributed by atoms with Crippen LogP contribution >= 0.6 is 11.6 Å². The zero-order valence-electron chi connectivity index (χ0n) is 17.9. The van der Waals surface area contributed by atoms with Gasteiger partial charge in [0.2, 0.25) is 5.62 Å². The van der Waals surface area contributed by atoms with E-state index in [-0.39, 0.29) is 24.5 Å². The number of rotatable bonds is 8. The lowest BCUT2D eigenvalue weighted by atomic mass is 9.89. The van der Waals surface area contributed by atoms with E-state index in [9.17, 15) is 19.3 Å². The van der Waals surface area contributed by atoms with Gasteiger partial charge in [-0.2, -0.15) is 0 Å². The van der Waals surface area contributed by atoms with Crippen LogP contribution in [0.5, 0.6) is 5.75 Å². The Hall–Kier alpha value is -3.01. The highest BCUT2D eigenvalue weighted by Crippen LogP contribution is 2.28. The summed E-state index contributed by atoms with van der Waals surface area (Å²) in [6, 6.07) is 4.95. The highest BCUT2D eigenvalue weighted by Gasteiger charge is 2.18. The number of amides is 1. The first kappa shape index (κ1) is 23.6. The van der Waals surface area contributed by atoms with Gasteiger partial charge in [-0.25, -0.2) is 19.1 Å². The van der Waals surface area contributed by atoms with Crippen LogP contribution in [0, 0.1) is 10.8 Å². The monoisotopic (exact) mass is 463 g/mol. The third-order valence-electron chi connectivity index (χ3n) is 5.45. The van der Waals surface area contributed by atoms with E-state index >= 15 is 0 Å². The molecule has 1 heterocycles. The van der Waals surface area contributed by atoms with Crippen LogP contribution < -0.4 is 21.7 Å². The van der Waals surface area contributed by atoms with E-state index in [1.54, 1.807) is 18.2 Å². The van der Waals surface area contributed by atoms with Crippen molar-refractivity contribution in [3.63, 3.8) is 0 Å². The van der Waals surface area contributed by atoms with E-state index in [2.05, 4.69) is 15.2 Å². The number of nitroso groups, excluding NO2 is 1. The molecule has 172 valence electrons. The quantitative estimate of drug-likeness (QED) is 0.602. The number of carbonyl (C=O) groups is 1. The molecule has 0 saturated heterocycles. The molecular weight excluding hydrogens is 438 g/mol. The van der Waals surface area contributed by atoms with Gasteiger partial charge in [0, 0.05) is 18.3 Å². The van der Waals surface area contributed by atoms with Crippen molar-refractivity contribution >= 4 is 23.2 Å². The number of hydrogen-bond donors (Lipinski definition) is 1. The zero-order valence-corrected chi connectivity index (χ0v) is 18.6. The molecule has 0 unspecified atom stereocenters. The van der Waals surface area contributed by atoms with Crippen molar-refractivity contribution < 1.29 is 9.53 Å². The maximum Gasteiger partial charge on any atom is 0.334 e. The highest BCUT2D eigenvalue weighted by atomic mass is 35.5. The van der Waals surface area contributed by atoms with Gasteiger partial charge < -0.3 is 4.74 Å². The lowest BCUT2D eigenvalue weighted by molar-refractivity contribution is -0.118. The fourth-order valence-electron chi connectivity index (χ4n) is 3.84. The molecule has 3 rings (SSSR count). The number of aromatic amines is 1. The van der Waals surface area contributed by atoms with Crippen LogP contribution in [0.15, 0.2) is 38.0 Å². The van der Waals surface area contributed by atoms with Crippen LogP contribution in [0.1, 0.15) is 45.4 Å². The first-order valence-electron chi connectivity index (χ1n) is 10.7. The van der Waals surface area contributed by atoms with Crippen molar-refractivity contribution in [2.75, 3.05) is 6.61 Å². The summed E-state index contributed by atoms with van der Waals surface area (Å²) in [5.41, 5.74) is -0.760. The minimum Gasteiger partial charge on any atom is -0.492 e. The molecule has 11 heteroatoms. The molecule has 0 aliphatic heterocycles. The highest BCUT2D eigenvalue weighted by molar-refractivity contribution is 6.32. The molecule has 0 spiro atoms. The number of nitrogens with one attached hydrogen (secondary N) is 1. The molecule has 1 fully saturated rings. The SMILES string of the molecule is CCOc1ccc(/N=c2\[nH]c(=O)n(CCC(=O)N=O)c(=O)n2CC2CCCCC2)cc1Cl. The van der Waals surface area contributed by atoms with E-state index in [0.717, 1.165) is 30.3 Å². The number of nitrogens with zero attached hydrogens (tertiary/aromatic N) is 4. The molecule has 0 bridgehead atoms. The Labute approximate surface area is 188 Å². The van der Waals surface area contributed by atoms with Crippen molar-refractivity contribution in [3.05, 3.63) is 54.7 Å². The summed E-state index contributed by atoms with van der Waals surface area (Å²) in [4.78, 5) is 54.5. The molecule has 1 aromatic carbocycles. The minimum atomic E-state index is -0.923. The van der Waals surface area contributed by atoms with Crippen LogP contribution in [0.3, 0.4) is 0 Å². The molecule has 1 amide bonds. The van der Waals surface area contributed by atoms with Crippen LogP contribution in [-0.4, -0.2) is 26.6 Å². The number of carbonyl (C=O) groups excluding carboxylic acids is 1. The number of hydrogen-bond acceptors (Lipinski definition) is 6. The van der Waals surface area contributed by atoms with E-state index in [0.29, 0.717) is 29.6 Å². The summed E-state index contributed by atoms with van der Waals surface area (Å²) in [5, 5.41) is 2.68. The van der Waals surface area contributed by atoms with Crippen molar-refractivity contribution in [3.8, 4) is 5.75 Å². The Bertz CT molecular complexity index is 1160. The van der Waals surface area contributed by atoms with Crippen molar-refractivity contribution in [2.45, 2.75) is 58.5 Å². The Morgan fingerprint density at radius 3 is 2.62 bits per heavy atom. The third kappa shape index (κ3) is 5.82. The lowest BCUT2D eigenvalue weighted by Crippen LogP contribution is -2.50. The second-order valence-corrected chi connectivity index (χ2v) is 8.10. The summed E-state index contributed by atoms with van der Waals surface area (Å²) in [6.45, 7) is 2.46. The van der Waals surface area contributed by atoms with Crippen LogP contribution in [0.2, 0.25) is 5.02 Å². The maximum absolute atomic E-state index is 13.2. The Morgan fingerprint density at radius 1 is 1.22 bits per heavy atom. The molecule has 10 nitrogen and oxygen atoms in total. The average Bonchev–Trinajstić information content (AvgIpc) is 2.78. The van der Waals surface area contributed by atoms with E-state index in [1.807, 2.05) is 6.92 Å². The van der Waals surface area contributed by atoms with Gasteiger partial charge in [-0.3, -0.25) is 14.3 Å². The number of benzene rings is 1. The van der Waals surface area contributed by atoms with Crippen LogP contribution in [-0.2, 0) is 17.9 Å². The normalized spacial score (nSPS) is 15.0. The van der Waals surface area contributed by atoms with Gasteiger partial charge in [-0.15, -0.1) is 4.91 Å². The zero-order chi connectivity index (χ0) is 23.1. The standard InChI is InChI=1S/C21H26ClN5O5/c1-2-32-17-9-8-15(12-16(17)22)23-19-24-20(29)26(11-10-18(28)25-31)21(30)27(19)13-14-6-4-3-5-7-14/h8-9,12,14H,2-7,10-11,13H2,1H3,(H,23,24,29). The molecule has 1 aliphatic carbocycles. The smallest absolute Gasteiger partial charge is 0.334 e. The first-order chi connectivity index (χ1) is 15.4. The number of aromatic nitrogens is 3. The number of ether oxygens (including phenoxy) is 1. The largest absolute Gasteiger partial charge is 0.492 e. The van der Waals surface area contributed by atoms with Gasteiger partial charge in [0.25, 0.3) is 5.91 Å². The van der Waals surface area contributed by atoms with Gasteiger partial charge in [0.1, 0.15) is 5.75 Å². The lowest BCUT2D eigenvalue weighted by Gasteiger charge is -2.22. The Kier molecular flexibility index (Phi) is 8.15. The molecule has 2 aromatic rings. The summed E-state index contributed by atoms with van der Waals surface area (Å²) >= 11 is 6.25. The average molecular weight is 464 g/mol. The summed E-state index contributed by atoms with van der Waals surface area (Å²) < 4.78 is 7.74. The molecule has 1 saturated carbocycles. The molecule has 1 aliphatic rings. The molecular formula is C21H26ClN5O5. The third-order valence-corrected chi connectivity index (χ3v) is 5.74. The maximum atomic E-state index is 13.2. The van der Waals surface area contributed by atoms with Gasteiger partial charge in [-0.1, -0.05) is 30.9 Å². The van der Waals surface area contributed by atoms with Gasteiger partial charge in [0.15, 0.2) is 0 Å². The topological polar surface area (TPSA) is 128 Å². The van der Waals surface area contributed by atoms with Crippen molar-refractivity contribution in [1.82, 2.24) is 14.1 Å². The van der Waals surface area contributed by atoms with Crippen LogP contribution in [0.25, 0.3) is 0 Å². The van der Waals surface area contributed by atoms with E-state index in [4.69, 9.17) is 16.3 Å². The molecule has 0 atom stereocenters. The van der Waals surface area contributed by atoms with Gasteiger partial charge in [0.05, 0.1) is 23.7 Å². The second-order valence-electron chi connectivity index (χ2n) is 7.70. The van der Waals surface area contributed by atoms with Gasteiger partial charge in [-0.05, 0) is 43.9 Å². The summed E-state index contributed by atoms with van der Waals surface area (Å²) in [7, 11) is 0. The van der Waals surface area contributed by atoms with Gasteiger partial charge >= 0.3 is 11.4 Å². The Balaban J connectivity index is 2.07. The predicted molar refractivity (Wildman–Crippen MR) is 119 cm³/mol. The Morgan fingerprint density at radius 2 is 1.97 bits per heavy atom. The molecule has 32 heavy (non-hydrogen) atoms. The van der Waals surface area contributed by atoms with Crippen molar-refractivity contribution in [2.24, 2.45) is 16.1 Å². The fourth-order valence-corrected chi connectivity index (χ4v) is 4.07. The molecule has 1 N–H and O–H groups in total. The minimum absolute atomic E-state index is 0.0990. The number of H-pyrrole nitrogens is 1. The predicted octanol–water partition coefficient (Wildman–Crippen LogP) is 2.89. The van der Waals surface area contributed by atoms with Crippen LogP contribution in [0.4, 0.5) is 5.69 Å². The van der Waals surface area contributed by atoms with Crippen molar-refractivity contribution in [1.29, 1.82) is 0 Å². The fraction of sp³-hybridized carbons (Fsp3) is 0.524. The van der Waals surface area contributed by atoms with E-state index in [1.165, 1.54) is 11.0 Å². The molecule has 1 aromatic heterocycles. The second kappa shape index (κ2) is 11.0. The van der Waals surface area contributed by atoms with E-state index < -0.39 is 17.3 Å². The first-order valence-corrected chi connectivity index (χ1v) is 11.1. The summed E-state index contributed by atoms with van der Waals surface area (Å²) in [5.74, 6) is -0.134. The molecule has 0 radical (unpaired) electrons.